The van der Waals surface area contributed by atoms with E-state index in [0.717, 1.165) is 39.2 Å². The average Bonchev–Trinajstić information content (AvgIpc) is 3.46. The number of anilines is 3. The molecule has 1 aliphatic heterocycles. The third kappa shape index (κ3) is 3.64. The third-order valence-electron chi connectivity index (χ3n) is 10.1. The molecule has 10 rings (SSSR count). The summed E-state index contributed by atoms with van der Waals surface area (Å²) in [5.41, 5.74) is 14.4. The van der Waals surface area contributed by atoms with Gasteiger partial charge in [-0.3, -0.25) is 0 Å². The van der Waals surface area contributed by atoms with Gasteiger partial charge in [0, 0.05) is 22.2 Å². The molecule has 2 aliphatic rings. The van der Waals surface area contributed by atoms with Gasteiger partial charge in [-0.25, -0.2) is 9.97 Å². The fourth-order valence-corrected chi connectivity index (χ4v) is 8.22. The zero-order chi connectivity index (χ0) is 31.7. The van der Waals surface area contributed by atoms with E-state index in [0.29, 0.717) is 0 Å². The molecule has 0 bridgehead atoms. The predicted octanol–water partition coefficient (Wildman–Crippen LogP) is 11.1. The standard InChI is InChI=1S/C45H29N3/c1-3-16-30(17-4-1)43-34-21-8-12-27-39(34)46-44(47-43)35-23-15-22-33-32-20-7-9-24-36(32)45(42(33)35)37-25-10-13-28-40(37)48(31-18-5-2-6-19-31)41-29-14-11-26-38(41)45/h1-29H. The minimum absolute atomic E-state index is 0.594. The lowest BCUT2D eigenvalue weighted by molar-refractivity contribution is 0.753. The summed E-state index contributed by atoms with van der Waals surface area (Å²) in [6.45, 7) is 0. The SMILES string of the molecule is c1ccc(-c2nc(-c3cccc4c3C3(c5ccccc5-4)c4ccccc4N(c4ccccc4)c4ccccc43)nc3ccccc23)cc1. The van der Waals surface area contributed by atoms with Crippen LogP contribution in [0.1, 0.15) is 22.3 Å². The molecule has 0 N–H and O–H groups in total. The summed E-state index contributed by atoms with van der Waals surface area (Å²) in [7, 11) is 0. The smallest absolute Gasteiger partial charge is 0.160 e. The molecular formula is C45H29N3. The van der Waals surface area contributed by atoms with Gasteiger partial charge in [-0.15, -0.1) is 0 Å². The first-order valence-corrected chi connectivity index (χ1v) is 16.4. The van der Waals surface area contributed by atoms with Crippen molar-refractivity contribution in [2.24, 2.45) is 0 Å². The van der Waals surface area contributed by atoms with Crippen molar-refractivity contribution >= 4 is 28.0 Å². The summed E-state index contributed by atoms with van der Waals surface area (Å²) in [6.07, 6.45) is 0. The lowest BCUT2D eigenvalue weighted by atomic mass is 9.63. The molecule has 2 heterocycles. The van der Waals surface area contributed by atoms with Crippen LogP contribution in [0.25, 0.3) is 44.7 Å². The number of hydrogen-bond acceptors (Lipinski definition) is 3. The Balaban J connectivity index is 1.34. The van der Waals surface area contributed by atoms with Gasteiger partial charge in [-0.2, -0.15) is 0 Å². The van der Waals surface area contributed by atoms with Crippen LogP contribution in [-0.2, 0) is 5.41 Å². The maximum Gasteiger partial charge on any atom is 0.160 e. The largest absolute Gasteiger partial charge is 0.310 e. The van der Waals surface area contributed by atoms with E-state index >= 15 is 0 Å². The molecule has 0 fully saturated rings. The monoisotopic (exact) mass is 611 g/mol. The van der Waals surface area contributed by atoms with Crippen LogP contribution in [-0.4, -0.2) is 9.97 Å². The molecule has 0 atom stereocenters. The van der Waals surface area contributed by atoms with E-state index in [-0.39, 0.29) is 0 Å². The quantitative estimate of drug-likeness (QED) is 0.199. The van der Waals surface area contributed by atoms with Crippen molar-refractivity contribution in [2.75, 3.05) is 4.90 Å². The zero-order valence-electron chi connectivity index (χ0n) is 26.1. The summed E-state index contributed by atoms with van der Waals surface area (Å²) in [5.74, 6) is 0.733. The van der Waals surface area contributed by atoms with Crippen molar-refractivity contribution in [3.8, 4) is 33.8 Å². The average molecular weight is 612 g/mol. The molecule has 7 aromatic carbocycles. The van der Waals surface area contributed by atoms with Crippen LogP contribution < -0.4 is 4.90 Å². The molecule has 1 spiro atoms. The zero-order valence-corrected chi connectivity index (χ0v) is 26.1. The molecule has 0 unspecified atom stereocenters. The Kier molecular flexibility index (Phi) is 5.79. The normalized spacial score (nSPS) is 13.5. The number of nitrogens with zero attached hydrogens (tertiary/aromatic N) is 3. The number of benzene rings is 7. The molecule has 3 heteroatoms. The maximum absolute atomic E-state index is 5.41. The number of hydrogen-bond donors (Lipinski definition) is 0. The topological polar surface area (TPSA) is 29.0 Å². The second kappa shape index (κ2) is 10.3. The molecule has 0 radical (unpaired) electrons. The highest BCUT2D eigenvalue weighted by Gasteiger charge is 2.53. The summed E-state index contributed by atoms with van der Waals surface area (Å²) in [6, 6.07) is 63.0. The van der Waals surface area contributed by atoms with Gasteiger partial charge < -0.3 is 4.90 Å². The van der Waals surface area contributed by atoms with Gasteiger partial charge in [-0.1, -0.05) is 146 Å². The molecular weight excluding hydrogens is 583 g/mol. The van der Waals surface area contributed by atoms with Crippen molar-refractivity contribution in [2.45, 2.75) is 5.41 Å². The third-order valence-corrected chi connectivity index (χ3v) is 10.1. The minimum atomic E-state index is -0.594. The Morgan fingerprint density at radius 3 is 1.73 bits per heavy atom. The summed E-state index contributed by atoms with van der Waals surface area (Å²) >= 11 is 0. The van der Waals surface area contributed by atoms with Crippen LogP contribution in [0.15, 0.2) is 176 Å². The van der Waals surface area contributed by atoms with Gasteiger partial charge in [0.1, 0.15) is 0 Å². The van der Waals surface area contributed by atoms with Gasteiger partial charge in [0.2, 0.25) is 0 Å². The second-order valence-electron chi connectivity index (χ2n) is 12.5. The number of fused-ring (bicyclic) bond motifs is 10. The van der Waals surface area contributed by atoms with E-state index in [4.69, 9.17) is 9.97 Å². The Morgan fingerprint density at radius 2 is 0.979 bits per heavy atom. The molecule has 1 aromatic heterocycles. The highest BCUT2D eigenvalue weighted by atomic mass is 15.2. The summed E-state index contributed by atoms with van der Waals surface area (Å²) in [5, 5.41) is 1.05. The Morgan fingerprint density at radius 1 is 0.417 bits per heavy atom. The number of rotatable bonds is 3. The van der Waals surface area contributed by atoms with Crippen LogP contribution in [0.2, 0.25) is 0 Å². The maximum atomic E-state index is 5.41. The summed E-state index contributed by atoms with van der Waals surface area (Å²) in [4.78, 5) is 13.1. The van der Waals surface area contributed by atoms with E-state index in [2.05, 4.69) is 181 Å². The van der Waals surface area contributed by atoms with E-state index in [1.54, 1.807) is 0 Å². The van der Waals surface area contributed by atoms with E-state index in [9.17, 15) is 0 Å². The predicted molar refractivity (Wildman–Crippen MR) is 196 cm³/mol. The van der Waals surface area contributed by atoms with Crippen LogP contribution in [0, 0.1) is 0 Å². The second-order valence-corrected chi connectivity index (χ2v) is 12.5. The molecule has 1 aliphatic carbocycles. The van der Waals surface area contributed by atoms with Crippen LogP contribution >= 0.6 is 0 Å². The van der Waals surface area contributed by atoms with Crippen LogP contribution in [0.5, 0.6) is 0 Å². The van der Waals surface area contributed by atoms with Crippen molar-refractivity contribution in [3.63, 3.8) is 0 Å². The van der Waals surface area contributed by atoms with Crippen molar-refractivity contribution < 1.29 is 0 Å². The summed E-state index contributed by atoms with van der Waals surface area (Å²) < 4.78 is 0. The van der Waals surface area contributed by atoms with Crippen molar-refractivity contribution in [1.82, 2.24) is 9.97 Å². The molecule has 8 aromatic rings. The van der Waals surface area contributed by atoms with Gasteiger partial charge in [-0.05, 0) is 63.7 Å². The van der Waals surface area contributed by atoms with Gasteiger partial charge in [0.05, 0.1) is 28.0 Å². The Bertz CT molecular complexity index is 2470. The number of aromatic nitrogens is 2. The molecule has 48 heavy (non-hydrogen) atoms. The van der Waals surface area contributed by atoms with Crippen molar-refractivity contribution in [3.05, 3.63) is 198 Å². The van der Waals surface area contributed by atoms with Gasteiger partial charge in [0.15, 0.2) is 5.82 Å². The van der Waals surface area contributed by atoms with Crippen LogP contribution in [0.3, 0.4) is 0 Å². The highest BCUT2D eigenvalue weighted by molar-refractivity contribution is 6.00. The first-order chi connectivity index (χ1) is 23.8. The minimum Gasteiger partial charge on any atom is -0.310 e. The van der Waals surface area contributed by atoms with E-state index < -0.39 is 5.41 Å². The van der Waals surface area contributed by atoms with E-state index in [1.807, 2.05) is 0 Å². The number of para-hydroxylation sites is 4. The Hall–Kier alpha value is -6.32. The molecule has 0 saturated carbocycles. The highest BCUT2D eigenvalue weighted by Crippen LogP contribution is 2.64. The lowest BCUT2D eigenvalue weighted by Crippen LogP contribution is -2.36. The first kappa shape index (κ1) is 26.9. The van der Waals surface area contributed by atoms with Gasteiger partial charge in [0.25, 0.3) is 0 Å². The van der Waals surface area contributed by atoms with Crippen LogP contribution in [0.4, 0.5) is 17.1 Å². The molecule has 0 amide bonds. The molecule has 3 nitrogen and oxygen atoms in total. The van der Waals surface area contributed by atoms with E-state index in [1.165, 1.54) is 44.8 Å². The first-order valence-electron chi connectivity index (χ1n) is 16.4. The Labute approximate surface area is 279 Å². The fraction of sp³-hybridized carbons (Fsp3) is 0.0222. The lowest BCUT2D eigenvalue weighted by Gasteiger charge is -2.45. The van der Waals surface area contributed by atoms with Gasteiger partial charge >= 0.3 is 0 Å². The fourth-order valence-electron chi connectivity index (χ4n) is 8.22. The molecule has 224 valence electrons. The van der Waals surface area contributed by atoms with Crippen molar-refractivity contribution in [1.29, 1.82) is 0 Å². The molecule has 0 saturated heterocycles.